The third kappa shape index (κ3) is 7.55. The molecule has 37 heavy (non-hydrogen) atoms. The second-order valence-electron chi connectivity index (χ2n) is 9.84. The third-order valence-corrected chi connectivity index (χ3v) is 7.21. The maximum absolute atomic E-state index is 13.0. The van der Waals surface area contributed by atoms with E-state index in [-0.39, 0.29) is 30.2 Å². The number of hydrogen-bond donors (Lipinski definition) is 2. The van der Waals surface area contributed by atoms with Crippen LogP contribution < -0.4 is 20.3 Å². The smallest absolute Gasteiger partial charge is 0.236 e. The number of anilines is 1. The van der Waals surface area contributed by atoms with Crippen LogP contribution in [-0.2, 0) is 22.6 Å². The van der Waals surface area contributed by atoms with Crippen molar-refractivity contribution in [2.24, 2.45) is 11.8 Å². The van der Waals surface area contributed by atoms with Gasteiger partial charge in [0.05, 0.1) is 6.54 Å². The lowest BCUT2D eigenvalue weighted by atomic mass is 9.82. The molecule has 198 valence electrons. The summed E-state index contributed by atoms with van der Waals surface area (Å²) in [7, 11) is 2.08. The number of rotatable bonds is 7. The lowest BCUT2D eigenvalue weighted by Gasteiger charge is -2.37. The molecule has 2 aliphatic rings. The van der Waals surface area contributed by atoms with Gasteiger partial charge in [-0.3, -0.25) is 14.6 Å². The summed E-state index contributed by atoms with van der Waals surface area (Å²) in [4.78, 5) is 33.8. The molecule has 1 fully saturated rings. The summed E-state index contributed by atoms with van der Waals surface area (Å²) in [5, 5.41) is 6.24. The van der Waals surface area contributed by atoms with Crippen LogP contribution in [0.1, 0.15) is 31.0 Å². The molecule has 2 aliphatic heterocycles. The van der Waals surface area contributed by atoms with Crippen LogP contribution in [0.15, 0.2) is 54.7 Å². The molecule has 3 heterocycles. The van der Waals surface area contributed by atoms with Gasteiger partial charge in [0.15, 0.2) is 0 Å². The fourth-order valence-corrected chi connectivity index (χ4v) is 5.06. The Morgan fingerprint density at radius 1 is 1.27 bits per heavy atom. The Morgan fingerprint density at radius 2 is 2.16 bits per heavy atom. The van der Waals surface area contributed by atoms with Crippen molar-refractivity contribution in [2.75, 3.05) is 51.3 Å². The van der Waals surface area contributed by atoms with Crippen LogP contribution in [0.4, 0.5) is 5.69 Å². The minimum Gasteiger partial charge on any atom is -0.489 e. The monoisotopic (exact) mass is 505 g/mol. The number of likely N-dealkylation sites (N-methyl/N-ethyl adjacent to an activating group) is 1. The minimum atomic E-state index is 0.0799. The molecule has 0 radical (unpaired) electrons. The molecule has 1 aromatic carbocycles. The standard InChI is InChI=1S/C29H39N5O3/c1-3-31-28(35)18-22-11-15-34-21-23(22)7-6-16-37-27-10-9-26(17-24(27)19-30-20-29(34)36)33(2)14-12-25-8-4-5-13-32-25/h4-10,13,17,22-23,30H,3,11-12,14-16,18-21H2,1-2H3,(H,31,35)/b7-6-/t22-,23-/m0/s1. The number of pyridine rings is 1. The summed E-state index contributed by atoms with van der Waals surface area (Å²) in [6.07, 6.45) is 8.17. The average molecular weight is 506 g/mol. The number of hydrogen-bond acceptors (Lipinski definition) is 6. The zero-order valence-electron chi connectivity index (χ0n) is 22.0. The van der Waals surface area contributed by atoms with Gasteiger partial charge in [-0.1, -0.05) is 18.2 Å². The van der Waals surface area contributed by atoms with Gasteiger partial charge < -0.3 is 25.2 Å². The SMILES string of the molecule is CCNC(=O)C[C@@H]1CCN2C[C@@H]1/C=C\COc1ccc(N(C)CCc3ccccn3)cc1CNCC2=O. The fourth-order valence-electron chi connectivity index (χ4n) is 5.06. The molecule has 0 spiro atoms. The van der Waals surface area contributed by atoms with E-state index in [4.69, 9.17) is 4.74 Å². The number of carbonyl (C=O) groups excluding carboxylic acids is 2. The molecule has 2 N–H and O–H groups in total. The molecular weight excluding hydrogens is 466 g/mol. The van der Waals surface area contributed by atoms with E-state index in [1.54, 1.807) is 0 Å². The van der Waals surface area contributed by atoms with Gasteiger partial charge >= 0.3 is 0 Å². The van der Waals surface area contributed by atoms with E-state index in [1.807, 2.05) is 48.4 Å². The second-order valence-corrected chi connectivity index (χ2v) is 9.84. The summed E-state index contributed by atoms with van der Waals surface area (Å²) in [5.74, 6) is 1.35. The molecule has 1 saturated heterocycles. The summed E-state index contributed by atoms with van der Waals surface area (Å²) in [6.45, 7) is 6.01. The highest BCUT2D eigenvalue weighted by molar-refractivity contribution is 5.79. The van der Waals surface area contributed by atoms with Crippen molar-refractivity contribution in [3.8, 4) is 5.75 Å². The summed E-state index contributed by atoms with van der Waals surface area (Å²) in [6, 6.07) is 12.2. The van der Waals surface area contributed by atoms with Crippen molar-refractivity contribution in [2.45, 2.75) is 32.7 Å². The van der Waals surface area contributed by atoms with E-state index in [0.29, 0.717) is 39.2 Å². The lowest BCUT2D eigenvalue weighted by molar-refractivity contribution is -0.132. The van der Waals surface area contributed by atoms with Crippen LogP contribution in [0.2, 0.25) is 0 Å². The van der Waals surface area contributed by atoms with Crippen LogP contribution in [-0.4, -0.2) is 68.1 Å². The van der Waals surface area contributed by atoms with E-state index >= 15 is 0 Å². The van der Waals surface area contributed by atoms with Crippen LogP contribution >= 0.6 is 0 Å². The molecular formula is C29H39N5O3. The molecule has 2 bridgehead atoms. The van der Waals surface area contributed by atoms with E-state index in [2.05, 4.69) is 45.8 Å². The highest BCUT2D eigenvalue weighted by atomic mass is 16.5. The Morgan fingerprint density at radius 3 is 2.97 bits per heavy atom. The molecule has 4 rings (SSSR count). The molecule has 2 aromatic rings. The van der Waals surface area contributed by atoms with Gasteiger partial charge in [0.1, 0.15) is 12.4 Å². The summed E-state index contributed by atoms with van der Waals surface area (Å²) in [5.41, 5.74) is 3.19. The van der Waals surface area contributed by atoms with Crippen molar-refractivity contribution in [3.63, 3.8) is 0 Å². The van der Waals surface area contributed by atoms with Crippen LogP contribution in [0.5, 0.6) is 5.75 Å². The number of ether oxygens (including phenoxy) is 1. The van der Waals surface area contributed by atoms with Gasteiger partial charge in [-0.25, -0.2) is 0 Å². The number of fused-ring (bicyclic) bond motifs is 3. The maximum Gasteiger partial charge on any atom is 0.236 e. The minimum absolute atomic E-state index is 0.0799. The van der Waals surface area contributed by atoms with E-state index < -0.39 is 0 Å². The average Bonchev–Trinajstić information content (AvgIpc) is 2.92. The first kappa shape index (κ1) is 26.7. The van der Waals surface area contributed by atoms with Gasteiger partial charge in [0.2, 0.25) is 11.8 Å². The number of piperidine rings is 1. The maximum atomic E-state index is 13.0. The Bertz CT molecular complexity index is 1070. The Labute approximate surface area is 220 Å². The van der Waals surface area contributed by atoms with Crippen LogP contribution in [0.25, 0.3) is 0 Å². The van der Waals surface area contributed by atoms with Crippen molar-refractivity contribution in [1.82, 2.24) is 20.5 Å². The first-order chi connectivity index (χ1) is 18.0. The molecule has 8 nitrogen and oxygen atoms in total. The predicted molar refractivity (Wildman–Crippen MR) is 145 cm³/mol. The Kier molecular flexibility index (Phi) is 9.54. The zero-order valence-corrected chi connectivity index (χ0v) is 22.0. The number of aromatic nitrogens is 1. The van der Waals surface area contributed by atoms with Crippen molar-refractivity contribution in [3.05, 3.63) is 66.0 Å². The Balaban J connectivity index is 1.44. The molecule has 2 amide bonds. The topological polar surface area (TPSA) is 86.8 Å². The van der Waals surface area contributed by atoms with Crippen LogP contribution in [0.3, 0.4) is 0 Å². The second kappa shape index (κ2) is 13.2. The van der Waals surface area contributed by atoms with Crippen molar-refractivity contribution >= 4 is 17.5 Å². The van der Waals surface area contributed by atoms with Gasteiger partial charge in [-0.15, -0.1) is 0 Å². The van der Waals surface area contributed by atoms with E-state index in [1.165, 1.54) is 0 Å². The third-order valence-electron chi connectivity index (χ3n) is 7.21. The molecule has 2 atom stereocenters. The summed E-state index contributed by atoms with van der Waals surface area (Å²) >= 11 is 0. The number of carbonyl (C=O) groups is 2. The molecule has 1 aromatic heterocycles. The van der Waals surface area contributed by atoms with Gasteiger partial charge in [-0.2, -0.15) is 0 Å². The van der Waals surface area contributed by atoms with E-state index in [9.17, 15) is 9.59 Å². The zero-order chi connectivity index (χ0) is 26.0. The molecule has 0 aliphatic carbocycles. The number of amides is 2. The highest BCUT2D eigenvalue weighted by Gasteiger charge is 2.31. The molecule has 0 unspecified atom stereocenters. The summed E-state index contributed by atoms with van der Waals surface area (Å²) < 4.78 is 6.15. The molecule has 0 saturated carbocycles. The predicted octanol–water partition coefficient (Wildman–Crippen LogP) is 2.79. The Hall–Kier alpha value is -3.39. The van der Waals surface area contributed by atoms with Gasteiger partial charge in [0.25, 0.3) is 0 Å². The van der Waals surface area contributed by atoms with E-state index in [0.717, 1.165) is 42.1 Å². The van der Waals surface area contributed by atoms with Crippen molar-refractivity contribution < 1.29 is 14.3 Å². The lowest BCUT2D eigenvalue weighted by Crippen LogP contribution is -2.47. The number of nitrogens with zero attached hydrogens (tertiary/aromatic N) is 3. The van der Waals surface area contributed by atoms with Crippen LogP contribution in [0, 0.1) is 11.8 Å². The first-order valence-electron chi connectivity index (χ1n) is 13.3. The highest BCUT2D eigenvalue weighted by Crippen LogP contribution is 2.29. The normalized spacial score (nSPS) is 20.9. The quantitative estimate of drug-likeness (QED) is 0.563. The van der Waals surface area contributed by atoms with Gasteiger partial charge in [-0.05, 0) is 55.5 Å². The van der Waals surface area contributed by atoms with Gasteiger partial charge in [0, 0.05) is 75.8 Å². The number of nitrogens with one attached hydrogen (secondary N) is 2. The fraction of sp³-hybridized carbons (Fsp3) is 0.483. The molecule has 8 heteroatoms. The van der Waals surface area contributed by atoms with Crippen molar-refractivity contribution in [1.29, 1.82) is 0 Å². The number of benzene rings is 1. The first-order valence-corrected chi connectivity index (χ1v) is 13.3. The largest absolute Gasteiger partial charge is 0.489 e.